The van der Waals surface area contributed by atoms with Gasteiger partial charge in [0, 0.05) is 19.1 Å². The third kappa shape index (κ3) is 3.72. The Balaban J connectivity index is 2.39. The summed E-state index contributed by atoms with van der Waals surface area (Å²) in [4.78, 5) is 11.9. The highest BCUT2D eigenvalue weighted by molar-refractivity contribution is 7.89. The van der Waals surface area contributed by atoms with Crippen molar-refractivity contribution < 1.29 is 22.0 Å². The number of nitrogens with one attached hydrogen (secondary N) is 1. The van der Waals surface area contributed by atoms with Crippen molar-refractivity contribution in [2.45, 2.75) is 4.90 Å². The molecule has 0 saturated heterocycles. The van der Waals surface area contributed by atoms with Crippen molar-refractivity contribution in [1.29, 1.82) is 0 Å². The molecule has 0 atom stereocenters. The van der Waals surface area contributed by atoms with Crippen LogP contribution in [-0.4, -0.2) is 32.7 Å². The number of halogens is 3. The van der Waals surface area contributed by atoms with Gasteiger partial charge in [0.15, 0.2) is 0 Å². The number of carbonyl (C=O) groups is 1. The molecule has 1 amide bonds. The molecule has 0 fully saturated rings. The van der Waals surface area contributed by atoms with Gasteiger partial charge in [0.25, 0.3) is 5.91 Å². The predicted molar refractivity (Wildman–Crippen MR) is 86.6 cm³/mol. The van der Waals surface area contributed by atoms with Crippen LogP contribution in [0.1, 0.15) is 10.4 Å². The highest BCUT2D eigenvalue weighted by Gasteiger charge is 2.22. The van der Waals surface area contributed by atoms with Gasteiger partial charge in [0.1, 0.15) is 11.6 Å². The van der Waals surface area contributed by atoms with Crippen molar-refractivity contribution in [2.24, 2.45) is 0 Å². The Morgan fingerprint density at radius 1 is 1.08 bits per heavy atom. The molecule has 24 heavy (non-hydrogen) atoms. The minimum atomic E-state index is -3.84. The van der Waals surface area contributed by atoms with Crippen LogP contribution in [0.4, 0.5) is 14.5 Å². The summed E-state index contributed by atoms with van der Waals surface area (Å²) in [6.45, 7) is 0. The van der Waals surface area contributed by atoms with Crippen molar-refractivity contribution in [1.82, 2.24) is 4.31 Å². The lowest BCUT2D eigenvalue weighted by molar-refractivity contribution is 0.102. The van der Waals surface area contributed by atoms with Crippen LogP contribution in [0.25, 0.3) is 0 Å². The normalized spacial score (nSPS) is 11.6. The van der Waals surface area contributed by atoms with E-state index in [1.807, 2.05) is 0 Å². The largest absolute Gasteiger partial charge is 0.319 e. The molecule has 5 nitrogen and oxygen atoms in total. The monoisotopic (exact) mass is 374 g/mol. The third-order valence-corrected chi connectivity index (χ3v) is 5.19. The molecule has 0 aromatic heterocycles. The van der Waals surface area contributed by atoms with Gasteiger partial charge in [-0.2, -0.15) is 0 Å². The quantitative estimate of drug-likeness (QED) is 0.894. The molecule has 0 bridgehead atoms. The van der Waals surface area contributed by atoms with Crippen molar-refractivity contribution in [3.8, 4) is 0 Å². The van der Waals surface area contributed by atoms with Gasteiger partial charge in [-0.25, -0.2) is 21.5 Å². The van der Waals surface area contributed by atoms with Crippen LogP contribution in [-0.2, 0) is 10.0 Å². The highest BCUT2D eigenvalue weighted by atomic mass is 35.5. The molecule has 1 N–H and O–H groups in total. The van der Waals surface area contributed by atoms with Gasteiger partial charge >= 0.3 is 0 Å². The van der Waals surface area contributed by atoms with E-state index in [1.165, 1.54) is 26.2 Å². The molecule has 0 radical (unpaired) electrons. The zero-order valence-electron chi connectivity index (χ0n) is 12.7. The van der Waals surface area contributed by atoms with Crippen molar-refractivity contribution in [3.63, 3.8) is 0 Å². The fourth-order valence-electron chi connectivity index (χ4n) is 1.83. The average Bonchev–Trinajstić information content (AvgIpc) is 2.50. The second-order valence-corrected chi connectivity index (χ2v) is 7.60. The lowest BCUT2D eigenvalue weighted by Crippen LogP contribution is -2.23. The molecule has 0 spiro atoms. The molecule has 128 valence electrons. The number of rotatable bonds is 4. The zero-order chi connectivity index (χ0) is 18.1. The number of hydrogen-bond acceptors (Lipinski definition) is 3. The van der Waals surface area contributed by atoms with Crippen molar-refractivity contribution in [2.75, 3.05) is 19.4 Å². The Morgan fingerprint density at radius 3 is 2.33 bits per heavy atom. The maximum Gasteiger partial charge on any atom is 0.258 e. The van der Waals surface area contributed by atoms with E-state index in [9.17, 15) is 22.0 Å². The summed E-state index contributed by atoms with van der Waals surface area (Å²) < 4.78 is 52.7. The van der Waals surface area contributed by atoms with Gasteiger partial charge in [-0.05, 0) is 36.4 Å². The van der Waals surface area contributed by atoms with Crippen LogP contribution in [0.3, 0.4) is 0 Å². The number of anilines is 1. The minimum absolute atomic E-state index is 0.135. The third-order valence-electron chi connectivity index (χ3n) is 3.14. The number of amides is 1. The van der Waals surface area contributed by atoms with E-state index < -0.39 is 33.1 Å². The summed E-state index contributed by atoms with van der Waals surface area (Å²) in [5.74, 6) is -2.71. The van der Waals surface area contributed by atoms with E-state index in [0.29, 0.717) is 0 Å². The summed E-state index contributed by atoms with van der Waals surface area (Å²) in [5.41, 5.74) is -0.725. The second-order valence-electron chi connectivity index (χ2n) is 5.01. The molecule has 0 saturated carbocycles. The first-order valence-electron chi connectivity index (χ1n) is 6.61. The van der Waals surface area contributed by atoms with Gasteiger partial charge < -0.3 is 5.32 Å². The molecular weight excluding hydrogens is 362 g/mol. The van der Waals surface area contributed by atoms with Crippen molar-refractivity contribution in [3.05, 3.63) is 58.6 Å². The molecular formula is C15H13ClF2N2O3S. The van der Waals surface area contributed by atoms with Gasteiger partial charge in [-0.15, -0.1) is 0 Å². The molecule has 2 aromatic carbocycles. The Hall–Kier alpha value is -2.03. The summed E-state index contributed by atoms with van der Waals surface area (Å²) in [6, 6.07) is 6.36. The molecule has 9 heteroatoms. The van der Waals surface area contributed by atoms with Gasteiger partial charge in [-0.1, -0.05) is 11.6 Å². The van der Waals surface area contributed by atoms with Crippen LogP contribution >= 0.6 is 11.6 Å². The first kappa shape index (κ1) is 18.3. The molecule has 0 heterocycles. The maximum absolute atomic E-state index is 13.9. The lowest BCUT2D eigenvalue weighted by Gasteiger charge is -2.13. The highest BCUT2D eigenvalue weighted by Crippen LogP contribution is 2.22. The molecule has 2 aromatic rings. The Labute approximate surface area is 142 Å². The fourth-order valence-corrected chi connectivity index (χ4v) is 2.92. The van der Waals surface area contributed by atoms with E-state index in [1.54, 1.807) is 0 Å². The summed E-state index contributed by atoms with van der Waals surface area (Å²) in [6.07, 6.45) is 0. The second kappa shape index (κ2) is 6.84. The van der Waals surface area contributed by atoms with E-state index in [0.717, 1.165) is 28.6 Å². The molecule has 0 unspecified atom stereocenters. The number of nitrogens with zero attached hydrogens (tertiary/aromatic N) is 1. The molecule has 0 aliphatic rings. The number of carbonyl (C=O) groups excluding carboxylic acids is 1. The number of sulfonamides is 1. The van der Waals surface area contributed by atoms with E-state index >= 15 is 0 Å². The molecule has 0 aliphatic carbocycles. The standard InChI is InChI=1S/C15H13ClF2N2O3S/c1-20(2)24(22,23)10-4-5-12(17)11(8-10)15(21)19-14-6-3-9(16)7-13(14)18/h3-8H,1-2H3,(H,19,21). The summed E-state index contributed by atoms with van der Waals surface area (Å²) >= 11 is 5.61. The zero-order valence-corrected chi connectivity index (χ0v) is 14.3. The minimum Gasteiger partial charge on any atom is -0.319 e. The van der Waals surface area contributed by atoms with Gasteiger partial charge in [-0.3, -0.25) is 4.79 Å². The fraction of sp³-hybridized carbons (Fsp3) is 0.133. The lowest BCUT2D eigenvalue weighted by atomic mass is 10.2. The number of benzene rings is 2. The average molecular weight is 375 g/mol. The first-order chi connectivity index (χ1) is 11.1. The maximum atomic E-state index is 13.9. The van der Waals surface area contributed by atoms with Crippen LogP contribution in [0.15, 0.2) is 41.3 Å². The molecule has 0 aliphatic heterocycles. The van der Waals surface area contributed by atoms with Crippen LogP contribution in [0, 0.1) is 11.6 Å². The van der Waals surface area contributed by atoms with Crippen LogP contribution in [0.2, 0.25) is 5.02 Å². The smallest absolute Gasteiger partial charge is 0.258 e. The van der Waals surface area contributed by atoms with E-state index in [2.05, 4.69) is 5.32 Å². The topological polar surface area (TPSA) is 66.5 Å². The first-order valence-corrected chi connectivity index (χ1v) is 8.43. The Kier molecular flexibility index (Phi) is 5.22. The van der Waals surface area contributed by atoms with E-state index in [4.69, 9.17) is 11.6 Å². The van der Waals surface area contributed by atoms with Gasteiger partial charge in [0.2, 0.25) is 10.0 Å². The van der Waals surface area contributed by atoms with Gasteiger partial charge in [0.05, 0.1) is 16.1 Å². The Bertz CT molecular complexity index is 902. The Morgan fingerprint density at radius 2 is 1.75 bits per heavy atom. The predicted octanol–water partition coefficient (Wildman–Crippen LogP) is 3.12. The summed E-state index contributed by atoms with van der Waals surface area (Å²) in [7, 11) is -1.23. The number of hydrogen-bond donors (Lipinski definition) is 1. The van der Waals surface area contributed by atoms with Crippen LogP contribution in [0.5, 0.6) is 0 Å². The van der Waals surface area contributed by atoms with Crippen molar-refractivity contribution >= 4 is 33.2 Å². The molecule has 2 rings (SSSR count). The SMILES string of the molecule is CN(C)S(=O)(=O)c1ccc(F)c(C(=O)Nc2ccc(Cl)cc2F)c1. The van der Waals surface area contributed by atoms with Crippen LogP contribution < -0.4 is 5.32 Å². The van der Waals surface area contributed by atoms with E-state index in [-0.39, 0.29) is 15.6 Å². The summed E-state index contributed by atoms with van der Waals surface area (Å²) in [5, 5.41) is 2.32.